The number of allylic oxidation sites excluding steroid dienone is 1. The van der Waals surface area contributed by atoms with Gasteiger partial charge in [0.1, 0.15) is 11.1 Å². The third kappa shape index (κ3) is 3.46. The van der Waals surface area contributed by atoms with Crippen LogP contribution in [0.25, 0.3) is 0 Å². The van der Waals surface area contributed by atoms with Crippen molar-refractivity contribution >= 4 is 17.3 Å². The molecule has 2 unspecified atom stereocenters. The van der Waals surface area contributed by atoms with Gasteiger partial charge in [-0.25, -0.2) is 4.98 Å². The number of thiazole rings is 1. The number of carbonyl (C=O) groups excluding carboxylic acids is 1. The van der Waals surface area contributed by atoms with Crippen LogP contribution >= 0.6 is 11.3 Å². The molecule has 0 spiro atoms. The van der Waals surface area contributed by atoms with Gasteiger partial charge in [-0.1, -0.05) is 25.5 Å². The highest BCUT2D eigenvalue weighted by Crippen LogP contribution is 2.68. The normalized spacial score (nSPS) is 41.5. The van der Waals surface area contributed by atoms with Gasteiger partial charge in [0, 0.05) is 19.3 Å². The van der Waals surface area contributed by atoms with Crippen LogP contribution in [0.1, 0.15) is 90.0 Å². The van der Waals surface area contributed by atoms with Crippen LogP contribution in [0.5, 0.6) is 5.88 Å². The van der Waals surface area contributed by atoms with Gasteiger partial charge in [-0.2, -0.15) is 0 Å². The molecule has 3 fully saturated rings. The fraction of sp³-hybridized carbons (Fsp3) is 0.769. The Hall–Kier alpha value is -1.36. The lowest BCUT2D eigenvalue weighted by atomic mass is 9.47. The Kier molecular flexibility index (Phi) is 5.47. The lowest BCUT2D eigenvalue weighted by Crippen LogP contribution is -2.50. The molecule has 170 valence electrons. The highest BCUT2D eigenvalue weighted by Gasteiger charge is 2.59. The molecule has 0 amide bonds. The predicted molar refractivity (Wildman–Crippen MR) is 123 cm³/mol. The summed E-state index contributed by atoms with van der Waals surface area (Å²) < 4.78 is 11.3. The molecule has 3 saturated carbocycles. The van der Waals surface area contributed by atoms with Crippen LogP contribution in [0.2, 0.25) is 0 Å². The summed E-state index contributed by atoms with van der Waals surface area (Å²) in [4.78, 5) is 16.3. The Labute approximate surface area is 190 Å². The number of fused-ring (bicyclic) bond motifs is 5. The minimum absolute atomic E-state index is 0.0857. The maximum Gasteiger partial charge on any atom is 0.302 e. The number of hydrogen-bond donors (Lipinski definition) is 0. The van der Waals surface area contributed by atoms with Crippen molar-refractivity contribution < 1.29 is 14.3 Å². The quantitative estimate of drug-likeness (QED) is 0.393. The zero-order valence-electron chi connectivity index (χ0n) is 19.5. The van der Waals surface area contributed by atoms with Crippen molar-refractivity contribution in [2.45, 2.75) is 91.1 Å². The second kappa shape index (κ2) is 7.90. The van der Waals surface area contributed by atoms with E-state index >= 15 is 0 Å². The Morgan fingerprint density at radius 3 is 2.81 bits per heavy atom. The number of aromatic nitrogens is 1. The van der Waals surface area contributed by atoms with E-state index in [1.807, 2.05) is 6.92 Å². The second-order valence-electron chi connectivity index (χ2n) is 10.9. The van der Waals surface area contributed by atoms with Gasteiger partial charge >= 0.3 is 5.97 Å². The van der Waals surface area contributed by atoms with Gasteiger partial charge in [0.2, 0.25) is 5.88 Å². The number of ether oxygens (including phenoxy) is 2. The van der Waals surface area contributed by atoms with Crippen LogP contribution in [0.15, 0.2) is 17.0 Å². The molecule has 4 aliphatic rings. The van der Waals surface area contributed by atoms with Crippen molar-refractivity contribution in [2.24, 2.45) is 28.6 Å². The minimum Gasteiger partial charge on any atom is -0.477 e. The van der Waals surface area contributed by atoms with Gasteiger partial charge in [0.05, 0.1) is 12.0 Å². The maximum atomic E-state index is 11.5. The summed E-state index contributed by atoms with van der Waals surface area (Å²) in [7, 11) is 0. The highest BCUT2D eigenvalue weighted by molar-refractivity contribution is 7.09. The largest absolute Gasteiger partial charge is 0.477 e. The summed E-state index contributed by atoms with van der Waals surface area (Å²) in [5.41, 5.74) is 2.23. The predicted octanol–water partition coefficient (Wildman–Crippen LogP) is 6.52. The first-order chi connectivity index (χ1) is 14.8. The summed E-state index contributed by atoms with van der Waals surface area (Å²) >= 11 is 1.80. The van der Waals surface area contributed by atoms with E-state index in [1.54, 1.807) is 16.9 Å². The third-order valence-electron chi connectivity index (χ3n) is 9.48. The lowest BCUT2D eigenvalue weighted by Gasteiger charge is -2.58. The van der Waals surface area contributed by atoms with Crippen LogP contribution in [0.4, 0.5) is 0 Å². The van der Waals surface area contributed by atoms with E-state index in [-0.39, 0.29) is 12.1 Å². The molecule has 4 nitrogen and oxygen atoms in total. The number of nitrogens with zero attached hydrogens (tertiary/aromatic N) is 1. The first-order valence-corrected chi connectivity index (χ1v) is 13.2. The smallest absolute Gasteiger partial charge is 0.302 e. The lowest BCUT2D eigenvalue weighted by molar-refractivity contribution is -0.148. The fourth-order valence-corrected chi connectivity index (χ4v) is 9.05. The number of esters is 1. The zero-order valence-corrected chi connectivity index (χ0v) is 20.3. The Morgan fingerprint density at radius 2 is 2.03 bits per heavy atom. The average molecular weight is 444 g/mol. The molecule has 0 bridgehead atoms. The summed E-state index contributed by atoms with van der Waals surface area (Å²) in [6, 6.07) is 0. The molecule has 5 rings (SSSR count). The van der Waals surface area contributed by atoms with Crippen LogP contribution < -0.4 is 4.74 Å². The monoisotopic (exact) mass is 443 g/mol. The van der Waals surface area contributed by atoms with E-state index in [4.69, 9.17) is 14.5 Å². The van der Waals surface area contributed by atoms with Crippen LogP contribution in [-0.4, -0.2) is 23.7 Å². The van der Waals surface area contributed by atoms with Crippen molar-refractivity contribution in [1.82, 2.24) is 4.98 Å². The number of carbonyl (C=O) groups is 1. The molecule has 7 atom stereocenters. The number of rotatable bonds is 4. The van der Waals surface area contributed by atoms with E-state index in [9.17, 15) is 4.79 Å². The molecular weight excluding hydrogens is 406 g/mol. The molecule has 31 heavy (non-hydrogen) atoms. The van der Waals surface area contributed by atoms with E-state index in [1.165, 1.54) is 44.0 Å². The summed E-state index contributed by atoms with van der Waals surface area (Å²) in [6.45, 7) is 9.33. The Morgan fingerprint density at radius 1 is 1.19 bits per heavy atom. The molecule has 5 heteroatoms. The van der Waals surface area contributed by atoms with Crippen LogP contribution in [0, 0.1) is 28.6 Å². The molecule has 0 aromatic carbocycles. The van der Waals surface area contributed by atoms with E-state index in [0.29, 0.717) is 23.4 Å². The molecule has 1 aromatic heterocycles. The van der Waals surface area contributed by atoms with Gasteiger partial charge in [0.15, 0.2) is 0 Å². The van der Waals surface area contributed by atoms with Crippen molar-refractivity contribution in [3.8, 4) is 5.88 Å². The topological polar surface area (TPSA) is 48.4 Å². The van der Waals surface area contributed by atoms with Crippen LogP contribution in [-0.2, 0) is 9.53 Å². The standard InChI is InChI=1S/C26H37NO3S/c1-5-29-23-15-31-24(27-23)22-9-8-20-19-7-6-17-14-18(30-16(2)28)10-12-25(17,3)21(19)11-13-26(20,22)4/h6,15,18-22H,5,7-14H2,1-4H3/t18?,19-,20-,21-,22?,25-,26-/m0/s1. The van der Waals surface area contributed by atoms with Gasteiger partial charge in [-0.15, -0.1) is 11.3 Å². The van der Waals surface area contributed by atoms with Gasteiger partial charge < -0.3 is 9.47 Å². The first kappa shape index (κ1) is 21.5. The van der Waals surface area contributed by atoms with Gasteiger partial charge in [-0.05, 0) is 80.5 Å². The van der Waals surface area contributed by atoms with Crippen molar-refractivity contribution in [1.29, 1.82) is 0 Å². The Balaban J connectivity index is 1.37. The molecule has 4 aliphatic carbocycles. The second-order valence-corrected chi connectivity index (χ2v) is 11.8. The molecular formula is C26H37NO3S. The molecule has 1 aromatic rings. The SMILES string of the molecule is CCOc1csc(C2CC[C@H]3[C@@H]4CC=C5CC(OC(C)=O)CC[C@]5(C)[C@H]4CC[C@]23C)n1. The van der Waals surface area contributed by atoms with E-state index in [0.717, 1.165) is 42.9 Å². The van der Waals surface area contributed by atoms with E-state index < -0.39 is 0 Å². The van der Waals surface area contributed by atoms with Crippen molar-refractivity contribution in [3.63, 3.8) is 0 Å². The minimum atomic E-state index is -0.136. The Bertz CT molecular complexity index is 878. The molecule has 1 heterocycles. The van der Waals surface area contributed by atoms with Crippen molar-refractivity contribution in [2.75, 3.05) is 6.61 Å². The third-order valence-corrected chi connectivity index (χ3v) is 10.4. The molecule has 0 N–H and O–H groups in total. The summed E-state index contributed by atoms with van der Waals surface area (Å²) in [6.07, 6.45) is 12.2. The molecule has 0 saturated heterocycles. The first-order valence-electron chi connectivity index (χ1n) is 12.3. The summed E-state index contributed by atoms with van der Waals surface area (Å²) in [5.74, 6) is 3.60. The van der Waals surface area contributed by atoms with Crippen molar-refractivity contribution in [3.05, 3.63) is 22.0 Å². The molecule has 0 aliphatic heterocycles. The fourth-order valence-electron chi connectivity index (χ4n) is 8.01. The maximum absolute atomic E-state index is 11.5. The van der Waals surface area contributed by atoms with Gasteiger partial charge in [-0.3, -0.25) is 4.79 Å². The number of hydrogen-bond acceptors (Lipinski definition) is 5. The summed E-state index contributed by atoms with van der Waals surface area (Å²) in [5, 5.41) is 3.39. The molecule has 0 radical (unpaired) electrons. The zero-order chi connectivity index (χ0) is 21.8. The van der Waals surface area contributed by atoms with Crippen LogP contribution in [0.3, 0.4) is 0 Å². The highest BCUT2D eigenvalue weighted by atomic mass is 32.1. The van der Waals surface area contributed by atoms with E-state index in [2.05, 4.69) is 25.3 Å². The average Bonchev–Trinajstić information content (AvgIpc) is 3.31. The van der Waals surface area contributed by atoms with Gasteiger partial charge in [0.25, 0.3) is 0 Å².